The number of amides is 1. The van der Waals surface area contributed by atoms with Gasteiger partial charge in [-0.25, -0.2) is 0 Å². The van der Waals surface area contributed by atoms with Gasteiger partial charge in [0.25, 0.3) is 5.91 Å². The molecule has 9 heteroatoms. The van der Waals surface area contributed by atoms with Crippen molar-refractivity contribution in [2.24, 2.45) is 0 Å². The number of alkyl halides is 3. The first-order valence-corrected chi connectivity index (χ1v) is 8.58. The van der Waals surface area contributed by atoms with E-state index < -0.39 is 36.9 Å². The second kappa shape index (κ2) is 7.71. The van der Waals surface area contributed by atoms with Crippen LogP contribution in [0.4, 0.5) is 13.2 Å². The summed E-state index contributed by atoms with van der Waals surface area (Å²) in [6, 6.07) is 5.15. The van der Waals surface area contributed by atoms with Crippen molar-refractivity contribution < 1.29 is 27.4 Å². The molecule has 0 aliphatic carbocycles. The van der Waals surface area contributed by atoms with E-state index >= 15 is 0 Å². The summed E-state index contributed by atoms with van der Waals surface area (Å²) in [5.74, 6) is 0.301. The Hall–Kier alpha value is -2.00. The molecule has 1 aromatic carbocycles. The van der Waals surface area contributed by atoms with Gasteiger partial charge in [-0.05, 0) is 19.1 Å². The molecule has 0 aromatic heterocycles. The van der Waals surface area contributed by atoms with E-state index in [0.717, 1.165) is 0 Å². The van der Waals surface area contributed by atoms with Gasteiger partial charge in [0.1, 0.15) is 12.1 Å². The largest absolute Gasteiger partial charge is 0.482 e. The van der Waals surface area contributed by atoms with Crippen LogP contribution in [0.2, 0.25) is 0 Å². The molecule has 0 bridgehead atoms. The van der Waals surface area contributed by atoms with E-state index in [0.29, 0.717) is 24.6 Å². The molecule has 3 unspecified atom stereocenters. The predicted octanol–water partition coefficient (Wildman–Crippen LogP) is 1.17. The van der Waals surface area contributed by atoms with Crippen LogP contribution in [0.15, 0.2) is 24.3 Å². The summed E-state index contributed by atoms with van der Waals surface area (Å²) in [6.07, 6.45) is -6.03. The van der Waals surface area contributed by atoms with E-state index in [1.165, 1.54) is 4.90 Å². The number of piperazine rings is 1. The van der Waals surface area contributed by atoms with Crippen LogP contribution in [0.3, 0.4) is 0 Å². The molecular formula is C17H22F3N3O3. The van der Waals surface area contributed by atoms with Crippen LogP contribution in [0.1, 0.15) is 6.92 Å². The first-order valence-electron chi connectivity index (χ1n) is 8.58. The van der Waals surface area contributed by atoms with Crippen molar-refractivity contribution in [1.29, 1.82) is 0 Å². The number of benzene rings is 1. The standard InChI is InChI=1S/C17H22F3N3O3/c1-11-15(26-13-5-3-2-4-12(13)25-11)16(24)22-10-14(17(18,19)20)23-8-6-21-7-9-23/h2-5,11,14-15,21H,6-10H2,1H3,(H,22,24). The van der Waals surface area contributed by atoms with Gasteiger partial charge in [0.15, 0.2) is 11.5 Å². The van der Waals surface area contributed by atoms with Crippen LogP contribution in [0.5, 0.6) is 11.5 Å². The minimum Gasteiger partial charge on any atom is -0.482 e. The Morgan fingerprint density at radius 1 is 1.27 bits per heavy atom. The second-order valence-electron chi connectivity index (χ2n) is 6.40. The van der Waals surface area contributed by atoms with E-state index in [2.05, 4.69) is 10.6 Å². The average Bonchev–Trinajstić information content (AvgIpc) is 2.61. The van der Waals surface area contributed by atoms with Gasteiger partial charge in [0.2, 0.25) is 6.10 Å². The molecule has 0 spiro atoms. The zero-order chi connectivity index (χ0) is 18.7. The smallest absolute Gasteiger partial charge is 0.405 e. The minimum absolute atomic E-state index is 0.285. The first kappa shape index (κ1) is 18.8. The highest BCUT2D eigenvalue weighted by atomic mass is 19.4. The normalized spacial score (nSPS) is 24.8. The van der Waals surface area contributed by atoms with Crippen molar-refractivity contribution in [1.82, 2.24) is 15.5 Å². The maximum absolute atomic E-state index is 13.4. The summed E-state index contributed by atoms with van der Waals surface area (Å²) in [6.45, 7) is 2.69. The number of nitrogens with zero attached hydrogens (tertiary/aromatic N) is 1. The van der Waals surface area contributed by atoms with Gasteiger partial charge in [0.05, 0.1) is 0 Å². The molecule has 1 amide bonds. The fraction of sp³-hybridized carbons (Fsp3) is 0.588. The number of ether oxygens (including phenoxy) is 2. The average molecular weight is 373 g/mol. The Bertz CT molecular complexity index is 635. The van der Waals surface area contributed by atoms with E-state index in [9.17, 15) is 18.0 Å². The van der Waals surface area contributed by atoms with Crippen LogP contribution in [-0.2, 0) is 4.79 Å². The van der Waals surface area contributed by atoms with Crippen molar-refractivity contribution >= 4 is 5.91 Å². The monoisotopic (exact) mass is 373 g/mol. The zero-order valence-electron chi connectivity index (χ0n) is 14.4. The summed E-state index contributed by atoms with van der Waals surface area (Å²) in [5, 5.41) is 5.41. The molecule has 0 radical (unpaired) electrons. The molecule has 1 aromatic rings. The summed E-state index contributed by atoms with van der Waals surface area (Å²) >= 11 is 0. The number of hydrogen-bond acceptors (Lipinski definition) is 5. The highest BCUT2D eigenvalue weighted by Crippen LogP contribution is 2.33. The molecule has 144 valence electrons. The van der Waals surface area contributed by atoms with Crippen molar-refractivity contribution in [2.75, 3.05) is 32.7 Å². The molecular weight excluding hydrogens is 351 g/mol. The number of halogens is 3. The van der Waals surface area contributed by atoms with Crippen LogP contribution < -0.4 is 20.1 Å². The van der Waals surface area contributed by atoms with Crippen LogP contribution in [-0.4, -0.2) is 68.0 Å². The number of rotatable bonds is 4. The Morgan fingerprint density at radius 3 is 2.50 bits per heavy atom. The molecule has 2 heterocycles. The lowest BCUT2D eigenvalue weighted by Gasteiger charge is -2.36. The van der Waals surface area contributed by atoms with Crippen molar-refractivity contribution in [2.45, 2.75) is 31.3 Å². The third-order valence-electron chi connectivity index (χ3n) is 4.54. The van der Waals surface area contributed by atoms with Crippen molar-refractivity contribution in [3.05, 3.63) is 24.3 Å². The van der Waals surface area contributed by atoms with Gasteiger partial charge in [-0.1, -0.05) is 12.1 Å². The molecule has 3 rings (SSSR count). The molecule has 3 atom stereocenters. The number of carbonyl (C=O) groups is 1. The van der Waals surface area contributed by atoms with Gasteiger partial charge in [-0.2, -0.15) is 13.2 Å². The van der Waals surface area contributed by atoms with Crippen molar-refractivity contribution in [3.8, 4) is 11.5 Å². The SMILES string of the molecule is CC1Oc2ccccc2OC1C(=O)NCC(N1CCNCC1)C(F)(F)F. The van der Waals surface area contributed by atoms with Crippen LogP contribution in [0.25, 0.3) is 0 Å². The molecule has 2 aliphatic rings. The van der Waals surface area contributed by atoms with Crippen molar-refractivity contribution in [3.63, 3.8) is 0 Å². The third-order valence-corrected chi connectivity index (χ3v) is 4.54. The molecule has 1 fully saturated rings. The maximum Gasteiger partial charge on any atom is 0.405 e. The Labute approximate surface area is 149 Å². The Morgan fingerprint density at radius 2 is 1.88 bits per heavy atom. The quantitative estimate of drug-likeness (QED) is 0.830. The first-order chi connectivity index (χ1) is 12.4. The molecule has 0 saturated carbocycles. The van der Waals surface area contributed by atoms with Crippen LogP contribution >= 0.6 is 0 Å². The third kappa shape index (κ3) is 4.21. The Balaban J connectivity index is 1.63. The highest BCUT2D eigenvalue weighted by Gasteiger charge is 2.44. The molecule has 1 saturated heterocycles. The second-order valence-corrected chi connectivity index (χ2v) is 6.40. The van der Waals surface area contributed by atoms with E-state index in [1.807, 2.05) is 0 Å². The fourth-order valence-corrected chi connectivity index (χ4v) is 3.15. The summed E-state index contributed by atoms with van der Waals surface area (Å²) in [7, 11) is 0. The number of nitrogens with one attached hydrogen (secondary N) is 2. The number of fused-ring (bicyclic) bond motifs is 1. The summed E-state index contributed by atoms with van der Waals surface area (Å²) in [4.78, 5) is 13.8. The number of hydrogen-bond donors (Lipinski definition) is 2. The number of para-hydroxylation sites is 2. The van der Waals surface area contributed by atoms with Gasteiger partial charge in [-0.15, -0.1) is 0 Å². The Kier molecular flexibility index (Phi) is 5.57. The van der Waals surface area contributed by atoms with Gasteiger partial charge in [-0.3, -0.25) is 9.69 Å². The predicted molar refractivity (Wildman–Crippen MR) is 88.2 cm³/mol. The summed E-state index contributed by atoms with van der Waals surface area (Å²) < 4.78 is 51.5. The molecule has 2 N–H and O–H groups in total. The fourth-order valence-electron chi connectivity index (χ4n) is 3.15. The minimum atomic E-state index is -4.42. The maximum atomic E-state index is 13.4. The van der Waals surface area contributed by atoms with E-state index in [4.69, 9.17) is 9.47 Å². The molecule has 2 aliphatic heterocycles. The number of carbonyl (C=O) groups excluding carboxylic acids is 1. The highest BCUT2D eigenvalue weighted by molar-refractivity contribution is 5.82. The lowest BCUT2D eigenvalue weighted by Crippen LogP contribution is -2.59. The van der Waals surface area contributed by atoms with E-state index in [1.54, 1.807) is 31.2 Å². The zero-order valence-corrected chi connectivity index (χ0v) is 14.4. The van der Waals surface area contributed by atoms with E-state index in [-0.39, 0.29) is 13.1 Å². The summed E-state index contributed by atoms with van der Waals surface area (Å²) in [5.41, 5.74) is 0. The van der Waals surface area contributed by atoms with Crippen LogP contribution in [0, 0.1) is 0 Å². The lowest BCUT2D eigenvalue weighted by molar-refractivity contribution is -0.184. The van der Waals surface area contributed by atoms with Gasteiger partial charge < -0.3 is 20.1 Å². The van der Waals surface area contributed by atoms with Gasteiger partial charge in [0, 0.05) is 32.7 Å². The van der Waals surface area contributed by atoms with Gasteiger partial charge >= 0.3 is 6.18 Å². The lowest BCUT2D eigenvalue weighted by atomic mass is 10.1. The topological polar surface area (TPSA) is 62.8 Å². The molecule has 6 nitrogen and oxygen atoms in total. The molecule has 26 heavy (non-hydrogen) atoms.